The summed E-state index contributed by atoms with van der Waals surface area (Å²) in [6.07, 6.45) is 1.63. The lowest BCUT2D eigenvalue weighted by Crippen LogP contribution is -2.32. The van der Waals surface area contributed by atoms with E-state index in [4.69, 9.17) is 10.00 Å². The largest absolute Gasteiger partial charge is 0.381 e. The first kappa shape index (κ1) is 14.9. The number of benzene rings is 1. The molecule has 0 amide bonds. The maximum Gasteiger partial charge on any atom is 0.240 e. The van der Waals surface area contributed by atoms with Gasteiger partial charge < -0.3 is 4.74 Å². The zero-order chi connectivity index (χ0) is 14.6. The molecule has 5 nitrogen and oxygen atoms in total. The SMILES string of the molecule is N#Cc1cc(S(=O)(=O)NCC2CCOCC2)ccc1F. The Labute approximate surface area is 117 Å². The molecule has 1 aromatic carbocycles. The second-order valence-electron chi connectivity index (χ2n) is 4.66. The van der Waals surface area contributed by atoms with Crippen LogP contribution >= 0.6 is 0 Å². The van der Waals surface area contributed by atoms with Crippen molar-refractivity contribution >= 4 is 10.0 Å². The van der Waals surface area contributed by atoms with Crippen molar-refractivity contribution in [3.05, 3.63) is 29.6 Å². The van der Waals surface area contributed by atoms with Crippen LogP contribution in [0.3, 0.4) is 0 Å². The minimum atomic E-state index is -3.72. The average Bonchev–Trinajstić information content (AvgIpc) is 2.46. The molecule has 1 N–H and O–H groups in total. The molecule has 0 bridgehead atoms. The Kier molecular flexibility index (Phi) is 4.70. The Balaban J connectivity index is 2.08. The van der Waals surface area contributed by atoms with E-state index in [0.29, 0.717) is 19.8 Å². The number of ether oxygens (including phenoxy) is 1. The van der Waals surface area contributed by atoms with Crippen molar-refractivity contribution in [3.8, 4) is 6.07 Å². The van der Waals surface area contributed by atoms with Crippen LogP contribution in [0.2, 0.25) is 0 Å². The number of hydrogen-bond donors (Lipinski definition) is 1. The highest BCUT2D eigenvalue weighted by atomic mass is 32.2. The number of hydrogen-bond acceptors (Lipinski definition) is 4. The quantitative estimate of drug-likeness (QED) is 0.911. The van der Waals surface area contributed by atoms with Crippen LogP contribution in [0.25, 0.3) is 0 Å². The van der Waals surface area contributed by atoms with Crippen LogP contribution in [0.5, 0.6) is 0 Å². The molecule has 1 aliphatic rings. The summed E-state index contributed by atoms with van der Waals surface area (Å²) < 4.78 is 45.0. The van der Waals surface area contributed by atoms with Gasteiger partial charge in [0, 0.05) is 19.8 Å². The molecule has 0 saturated carbocycles. The molecular weight excluding hydrogens is 283 g/mol. The summed E-state index contributed by atoms with van der Waals surface area (Å²) >= 11 is 0. The Hall–Kier alpha value is -1.49. The van der Waals surface area contributed by atoms with Gasteiger partial charge in [0.05, 0.1) is 10.5 Å². The van der Waals surface area contributed by atoms with Crippen LogP contribution in [0, 0.1) is 23.1 Å². The van der Waals surface area contributed by atoms with Gasteiger partial charge in [0.1, 0.15) is 11.9 Å². The molecule has 0 spiro atoms. The highest BCUT2D eigenvalue weighted by Gasteiger charge is 2.20. The van der Waals surface area contributed by atoms with Crippen LogP contribution in [0.15, 0.2) is 23.1 Å². The van der Waals surface area contributed by atoms with Crippen molar-refractivity contribution in [3.63, 3.8) is 0 Å². The zero-order valence-corrected chi connectivity index (χ0v) is 11.6. The minimum Gasteiger partial charge on any atom is -0.381 e. The van der Waals surface area contributed by atoms with Crippen molar-refractivity contribution in [2.75, 3.05) is 19.8 Å². The second kappa shape index (κ2) is 6.31. The van der Waals surface area contributed by atoms with Gasteiger partial charge in [-0.25, -0.2) is 17.5 Å². The molecule has 1 saturated heterocycles. The Bertz CT molecular complexity index is 619. The monoisotopic (exact) mass is 298 g/mol. The lowest BCUT2D eigenvalue weighted by atomic mass is 10.0. The number of halogens is 1. The van der Waals surface area contributed by atoms with Crippen molar-refractivity contribution in [1.29, 1.82) is 5.26 Å². The molecule has 0 aliphatic carbocycles. The summed E-state index contributed by atoms with van der Waals surface area (Å²) in [5, 5.41) is 8.72. The van der Waals surface area contributed by atoms with Gasteiger partial charge in [-0.15, -0.1) is 0 Å². The van der Waals surface area contributed by atoms with Crippen LogP contribution in [-0.2, 0) is 14.8 Å². The number of nitriles is 1. The minimum absolute atomic E-state index is 0.0949. The average molecular weight is 298 g/mol. The van der Waals surface area contributed by atoms with Crippen LogP contribution in [-0.4, -0.2) is 28.2 Å². The van der Waals surface area contributed by atoms with Gasteiger partial charge in [-0.2, -0.15) is 5.26 Å². The van der Waals surface area contributed by atoms with Crippen LogP contribution < -0.4 is 4.72 Å². The van der Waals surface area contributed by atoms with Gasteiger partial charge in [-0.05, 0) is 37.0 Å². The number of sulfonamides is 1. The van der Waals surface area contributed by atoms with Gasteiger partial charge >= 0.3 is 0 Å². The zero-order valence-electron chi connectivity index (χ0n) is 10.8. The lowest BCUT2D eigenvalue weighted by Gasteiger charge is -2.22. The van der Waals surface area contributed by atoms with E-state index in [-0.39, 0.29) is 16.4 Å². The smallest absolute Gasteiger partial charge is 0.240 e. The molecule has 7 heteroatoms. The molecular formula is C13H15FN2O3S. The van der Waals surface area contributed by atoms with Gasteiger partial charge in [-0.1, -0.05) is 0 Å². The third-order valence-corrected chi connectivity index (χ3v) is 4.69. The number of rotatable bonds is 4. The second-order valence-corrected chi connectivity index (χ2v) is 6.43. The topological polar surface area (TPSA) is 79.2 Å². The van der Waals surface area contributed by atoms with E-state index >= 15 is 0 Å². The summed E-state index contributed by atoms with van der Waals surface area (Å²) in [7, 11) is -3.72. The van der Waals surface area contributed by atoms with Crippen LogP contribution in [0.1, 0.15) is 18.4 Å². The highest BCUT2D eigenvalue weighted by Crippen LogP contribution is 2.17. The first-order valence-electron chi connectivity index (χ1n) is 6.30. The van der Waals surface area contributed by atoms with E-state index in [1.165, 1.54) is 0 Å². The number of nitrogens with one attached hydrogen (secondary N) is 1. The highest BCUT2D eigenvalue weighted by molar-refractivity contribution is 7.89. The van der Waals surface area contributed by atoms with Gasteiger partial charge in [0.25, 0.3) is 0 Å². The van der Waals surface area contributed by atoms with Gasteiger partial charge in [0.2, 0.25) is 10.0 Å². The first-order valence-corrected chi connectivity index (χ1v) is 7.78. The predicted octanol–water partition coefficient (Wildman–Crippen LogP) is 1.40. The fraction of sp³-hybridized carbons (Fsp3) is 0.462. The van der Waals surface area contributed by atoms with Gasteiger partial charge in [-0.3, -0.25) is 0 Å². The molecule has 0 atom stereocenters. The molecule has 20 heavy (non-hydrogen) atoms. The standard InChI is InChI=1S/C13H15FN2O3S/c14-13-2-1-12(7-11(13)8-15)20(17,18)16-9-10-3-5-19-6-4-10/h1-2,7,10,16H,3-6,9H2. The molecule has 2 rings (SSSR count). The maximum absolute atomic E-state index is 13.2. The third kappa shape index (κ3) is 3.54. The first-order chi connectivity index (χ1) is 9.53. The summed E-state index contributed by atoms with van der Waals surface area (Å²) in [4.78, 5) is -0.0949. The summed E-state index contributed by atoms with van der Waals surface area (Å²) in [6, 6.07) is 4.82. The molecule has 1 aliphatic heterocycles. The fourth-order valence-electron chi connectivity index (χ4n) is 2.02. The lowest BCUT2D eigenvalue weighted by molar-refractivity contribution is 0.0678. The summed E-state index contributed by atoms with van der Waals surface area (Å²) in [5.74, 6) is -0.481. The van der Waals surface area contributed by atoms with Crippen molar-refractivity contribution in [1.82, 2.24) is 4.72 Å². The molecule has 0 radical (unpaired) electrons. The van der Waals surface area contributed by atoms with Gasteiger partial charge in [0.15, 0.2) is 0 Å². The Morgan fingerprint density at radius 1 is 1.40 bits per heavy atom. The van der Waals surface area contributed by atoms with E-state index in [1.54, 1.807) is 6.07 Å². The van der Waals surface area contributed by atoms with E-state index in [9.17, 15) is 12.8 Å². The van der Waals surface area contributed by atoms with E-state index in [0.717, 1.165) is 31.0 Å². The van der Waals surface area contributed by atoms with Crippen molar-refractivity contribution in [2.45, 2.75) is 17.7 Å². The maximum atomic E-state index is 13.2. The van der Waals surface area contributed by atoms with E-state index in [1.807, 2.05) is 0 Å². The predicted molar refractivity (Wildman–Crippen MR) is 69.8 cm³/mol. The molecule has 1 fully saturated rings. The van der Waals surface area contributed by atoms with Crippen molar-refractivity contribution in [2.24, 2.45) is 5.92 Å². The Morgan fingerprint density at radius 2 is 2.10 bits per heavy atom. The normalized spacial score (nSPS) is 16.8. The molecule has 0 unspecified atom stereocenters. The molecule has 108 valence electrons. The van der Waals surface area contributed by atoms with E-state index < -0.39 is 15.8 Å². The fourth-order valence-corrected chi connectivity index (χ4v) is 3.16. The van der Waals surface area contributed by atoms with E-state index in [2.05, 4.69) is 4.72 Å². The van der Waals surface area contributed by atoms with Crippen molar-refractivity contribution < 1.29 is 17.5 Å². The van der Waals surface area contributed by atoms with Crippen LogP contribution in [0.4, 0.5) is 4.39 Å². The number of nitrogens with zero attached hydrogens (tertiary/aromatic N) is 1. The third-order valence-electron chi connectivity index (χ3n) is 3.27. The molecule has 1 heterocycles. The summed E-state index contributed by atoms with van der Waals surface area (Å²) in [6.45, 7) is 1.61. The molecule has 1 aromatic rings. The summed E-state index contributed by atoms with van der Waals surface area (Å²) in [5.41, 5.74) is -0.279. The Morgan fingerprint density at radius 3 is 2.75 bits per heavy atom. The molecule has 0 aromatic heterocycles.